The maximum Gasteiger partial charge on any atom is 0.119 e. The van der Waals surface area contributed by atoms with Crippen molar-refractivity contribution in [1.29, 1.82) is 0 Å². The van der Waals surface area contributed by atoms with E-state index in [1.54, 1.807) is 12.1 Å². The number of hydrogen-bond donors (Lipinski definition) is 2. The molecule has 2 saturated carbocycles. The first kappa shape index (κ1) is 20.9. The van der Waals surface area contributed by atoms with Crippen LogP contribution in [0, 0.1) is 0 Å². The zero-order valence-electron chi connectivity index (χ0n) is 17.0. The average molecular weight is 432 g/mol. The van der Waals surface area contributed by atoms with Gasteiger partial charge in [-0.3, -0.25) is 0 Å². The third-order valence-corrected chi connectivity index (χ3v) is 7.37. The summed E-state index contributed by atoms with van der Waals surface area (Å²) in [6.07, 6.45) is 11.9. The summed E-state index contributed by atoms with van der Waals surface area (Å²) < 4.78 is 0. The van der Waals surface area contributed by atoms with Crippen molar-refractivity contribution < 1.29 is 5.11 Å². The molecule has 2 aliphatic rings. The SMILES string of the molecule is Oc1ccc(Cl)cc1C1CCCC(c2ccc(NC3CCCC3)cc2Cl)CCC1. The van der Waals surface area contributed by atoms with Gasteiger partial charge < -0.3 is 10.4 Å². The first-order chi connectivity index (χ1) is 14.1. The molecule has 2 nitrogen and oxygen atoms in total. The average Bonchev–Trinajstić information content (AvgIpc) is 3.18. The molecule has 2 aromatic rings. The lowest BCUT2D eigenvalue weighted by Crippen LogP contribution is -2.14. The van der Waals surface area contributed by atoms with E-state index in [1.807, 2.05) is 6.07 Å². The van der Waals surface area contributed by atoms with Crippen molar-refractivity contribution in [2.24, 2.45) is 0 Å². The lowest BCUT2D eigenvalue weighted by molar-refractivity contribution is 0.403. The first-order valence-electron chi connectivity index (χ1n) is 11.1. The van der Waals surface area contributed by atoms with Crippen LogP contribution in [0.3, 0.4) is 0 Å². The zero-order valence-corrected chi connectivity index (χ0v) is 18.5. The molecule has 0 unspecified atom stereocenters. The van der Waals surface area contributed by atoms with Gasteiger partial charge in [0.1, 0.15) is 5.75 Å². The number of halogens is 2. The molecule has 0 saturated heterocycles. The molecule has 4 rings (SSSR count). The number of anilines is 1. The highest BCUT2D eigenvalue weighted by molar-refractivity contribution is 6.31. The van der Waals surface area contributed by atoms with Crippen LogP contribution in [0.15, 0.2) is 36.4 Å². The molecule has 0 aromatic heterocycles. The van der Waals surface area contributed by atoms with E-state index in [0.29, 0.717) is 28.6 Å². The monoisotopic (exact) mass is 431 g/mol. The highest BCUT2D eigenvalue weighted by Crippen LogP contribution is 2.41. The summed E-state index contributed by atoms with van der Waals surface area (Å²) in [5.74, 6) is 1.30. The van der Waals surface area contributed by atoms with Gasteiger partial charge in [0.25, 0.3) is 0 Å². The number of rotatable bonds is 4. The number of nitrogens with one attached hydrogen (secondary N) is 1. The first-order valence-corrected chi connectivity index (χ1v) is 11.9. The van der Waals surface area contributed by atoms with E-state index in [1.165, 1.54) is 31.2 Å². The van der Waals surface area contributed by atoms with Crippen LogP contribution in [0.4, 0.5) is 5.69 Å². The highest BCUT2D eigenvalue weighted by atomic mass is 35.5. The lowest BCUT2D eigenvalue weighted by atomic mass is 9.80. The number of hydrogen-bond acceptors (Lipinski definition) is 2. The Labute approximate surface area is 184 Å². The van der Waals surface area contributed by atoms with E-state index in [9.17, 15) is 5.11 Å². The Morgan fingerprint density at radius 2 is 1.38 bits per heavy atom. The molecule has 0 atom stereocenters. The molecule has 0 bridgehead atoms. The number of phenols is 1. The Bertz CT molecular complexity index is 822. The number of benzene rings is 2. The summed E-state index contributed by atoms with van der Waals surface area (Å²) >= 11 is 12.9. The summed E-state index contributed by atoms with van der Waals surface area (Å²) in [6.45, 7) is 0. The fourth-order valence-electron chi connectivity index (χ4n) is 5.24. The maximum atomic E-state index is 10.3. The molecule has 0 spiro atoms. The van der Waals surface area contributed by atoms with Gasteiger partial charge in [-0.05, 0) is 91.8 Å². The smallest absolute Gasteiger partial charge is 0.119 e. The van der Waals surface area contributed by atoms with Gasteiger partial charge in [0.15, 0.2) is 0 Å². The van der Waals surface area contributed by atoms with Gasteiger partial charge in [-0.25, -0.2) is 0 Å². The predicted molar refractivity (Wildman–Crippen MR) is 124 cm³/mol. The molecular formula is C25H31Cl2NO. The minimum atomic E-state index is 0.380. The second-order valence-corrected chi connectivity index (χ2v) is 9.66. The van der Waals surface area contributed by atoms with Crippen molar-refractivity contribution >= 4 is 28.9 Å². The van der Waals surface area contributed by atoms with Gasteiger partial charge in [-0.1, -0.05) is 55.0 Å². The summed E-state index contributed by atoms with van der Waals surface area (Å²) in [6, 6.07) is 12.6. The summed E-state index contributed by atoms with van der Waals surface area (Å²) in [5, 5.41) is 15.5. The Kier molecular flexibility index (Phi) is 6.92. The van der Waals surface area contributed by atoms with E-state index >= 15 is 0 Å². The van der Waals surface area contributed by atoms with E-state index in [2.05, 4.69) is 23.5 Å². The third kappa shape index (κ3) is 5.22. The third-order valence-electron chi connectivity index (χ3n) is 6.81. The van der Waals surface area contributed by atoms with Gasteiger partial charge in [-0.15, -0.1) is 0 Å². The molecule has 4 heteroatoms. The molecular weight excluding hydrogens is 401 g/mol. The number of phenolic OH excluding ortho intramolecular Hbond substituents is 1. The Morgan fingerprint density at radius 3 is 2.03 bits per heavy atom. The lowest BCUT2D eigenvalue weighted by Gasteiger charge is -2.26. The summed E-state index contributed by atoms with van der Waals surface area (Å²) in [5.41, 5.74) is 3.47. The van der Waals surface area contributed by atoms with E-state index in [0.717, 1.165) is 54.8 Å². The van der Waals surface area contributed by atoms with Crippen LogP contribution in [0.5, 0.6) is 5.75 Å². The van der Waals surface area contributed by atoms with Crippen LogP contribution >= 0.6 is 23.2 Å². The molecule has 29 heavy (non-hydrogen) atoms. The van der Waals surface area contributed by atoms with Crippen molar-refractivity contribution in [3.05, 3.63) is 57.6 Å². The topological polar surface area (TPSA) is 32.3 Å². The van der Waals surface area contributed by atoms with Crippen LogP contribution in [0.1, 0.15) is 87.2 Å². The summed E-state index contributed by atoms with van der Waals surface area (Å²) in [4.78, 5) is 0. The van der Waals surface area contributed by atoms with E-state index < -0.39 is 0 Å². The van der Waals surface area contributed by atoms with Gasteiger partial charge in [0.2, 0.25) is 0 Å². The van der Waals surface area contributed by atoms with Gasteiger partial charge in [0.05, 0.1) is 0 Å². The van der Waals surface area contributed by atoms with E-state index in [-0.39, 0.29) is 0 Å². The molecule has 2 N–H and O–H groups in total. The van der Waals surface area contributed by atoms with Crippen molar-refractivity contribution in [3.63, 3.8) is 0 Å². The highest BCUT2D eigenvalue weighted by Gasteiger charge is 2.23. The van der Waals surface area contributed by atoms with Crippen molar-refractivity contribution in [2.75, 3.05) is 5.32 Å². The fourth-order valence-corrected chi connectivity index (χ4v) is 5.75. The van der Waals surface area contributed by atoms with E-state index in [4.69, 9.17) is 23.2 Å². The molecule has 156 valence electrons. The van der Waals surface area contributed by atoms with Gasteiger partial charge in [-0.2, -0.15) is 0 Å². The largest absolute Gasteiger partial charge is 0.508 e. The Balaban J connectivity index is 1.39. The molecule has 0 amide bonds. The standard InChI is InChI=1S/C25H31Cl2NO/c26-19-11-14-25(29)23(15-19)18-7-3-5-17(6-4-8-18)22-13-12-21(16-24(22)27)28-20-9-1-2-10-20/h11-18,20,28-29H,1-10H2. The quantitative estimate of drug-likeness (QED) is 0.509. The summed E-state index contributed by atoms with van der Waals surface area (Å²) in [7, 11) is 0. The minimum Gasteiger partial charge on any atom is -0.508 e. The Morgan fingerprint density at radius 1 is 0.724 bits per heavy atom. The van der Waals surface area contributed by atoms with Crippen LogP contribution in [0.2, 0.25) is 10.0 Å². The van der Waals surface area contributed by atoms with Crippen molar-refractivity contribution in [3.8, 4) is 5.75 Å². The molecule has 2 aromatic carbocycles. The van der Waals surface area contributed by atoms with Crippen LogP contribution in [-0.4, -0.2) is 11.1 Å². The van der Waals surface area contributed by atoms with Crippen molar-refractivity contribution in [1.82, 2.24) is 0 Å². The Hall–Kier alpha value is -1.38. The molecule has 0 heterocycles. The van der Waals surface area contributed by atoms with Gasteiger partial charge in [0, 0.05) is 21.8 Å². The zero-order chi connectivity index (χ0) is 20.2. The normalized spacial score (nSPS) is 23.5. The molecule has 2 fully saturated rings. The van der Waals surface area contributed by atoms with Crippen LogP contribution < -0.4 is 5.32 Å². The van der Waals surface area contributed by atoms with Crippen LogP contribution in [0.25, 0.3) is 0 Å². The van der Waals surface area contributed by atoms with Crippen molar-refractivity contribution in [2.45, 2.75) is 82.1 Å². The molecule has 0 aliphatic heterocycles. The second kappa shape index (κ2) is 9.62. The minimum absolute atomic E-state index is 0.380. The predicted octanol–water partition coefficient (Wildman–Crippen LogP) is 8.28. The maximum absolute atomic E-state index is 10.3. The fraction of sp³-hybridized carbons (Fsp3) is 0.520. The molecule has 0 radical (unpaired) electrons. The van der Waals surface area contributed by atoms with Gasteiger partial charge >= 0.3 is 0 Å². The molecule has 2 aliphatic carbocycles. The van der Waals surface area contributed by atoms with Crippen LogP contribution in [-0.2, 0) is 0 Å². The number of aromatic hydroxyl groups is 1. The second-order valence-electron chi connectivity index (χ2n) is 8.82.